The van der Waals surface area contributed by atoms with Crippen LogP contribution in [0.4, 0.5) is 5.95 Å². The molecule has 0 spiro atoms. The Kier molecular flexibility index (Phi) is 5.05. The normalized spacial score (nSPS) is 16.3. The Morgan fingerprint density at radius 3 is 2.94 bits per heavy atom. The van der Waals surface area contributed by atoms with Crippen LogP contribution in [0, 0.1) is 6.92 Å². The zero-order valence-corrected chi connectivity index (χ0v) is 11.6. The van der Waals surface area contributed by atoms with Gasteiger partial charge in [0.15, 0.2) is 0 Å². The molecule has 4 nitrogen and oxygen atoms in total. The second kappa shape index (κ2) is 6.78. The van der Waals surface area contributed by atoms with Crippen molar-refractivity contribution in [2.24, 2.45) is 0 Å². The molecule has 102 valence electrons. The van der Waals surface area contributed by atoms with Crippen LogP contribution in [0.2, 0.25) is 0 Å². The van der Waals surface area contributed by atoms with Crippen molar-refractivity contribution in [2.75, 3.05) is 18.5 Å². The zero-order chi connectivity index (χ0) is 12.8. The lowest BCUT2D eigenvalue weighted by molar-refractivity contribution is 0.0658. The summed E-state index contributed by atoms with van der Waals surface area (Å²) >= 11 is 0. The van der Waals surface area contributed by atoms with Crippen LogP contribution < -0.4 is 5.32 Å². The van der Waals surface area contributed by atoms with E-state index >= 15 is 0 Å². The number of aromatic nitrogens is 2. The number of hydrogen-bond donors (Lipinski definition) is 1. The molecule has 0 aromatic carbocycles. The topological polar surface area (TPSA) is 39.1 Å². The van der Waals surface area contributed by atoms with E-state index in [1.807, 2.05) is 6.92 Å². The lowest BCUT2D eigenvalue weighted by Crippen LogP contribution is -2.17. The van der Waals surface area contributed by atoms with Gasteiger partial charge in [0.25, 0.3) is 0 Å². The summed E-state index contributed by atoms with van der Waals surface area (Å²) in [5, 5.41) is 3.37. The summed E-state index contributed by atoms with van der Waals surface area (Å²) in [6.45, 7) is 6.86. The molecule has 0 bridgehead atoms. The van der Waals surface area contributed by atoms with Gasteiger partial charge in [0, 0.05) is 19.3 Å². The molecule has 1 aliphatic rings. The number of aryl methyl sites for hydroxylation is 2. The van der Waals surface area contributed by atoms with E-state index in [0.717, 1.165) is 37.8 Å². The summed E-state index contributed by atoms with van der Waals surface area (Å²) in [7, 11) is 0. The molecule has 1 heterocycles. The third-order valence-corrected chi connectivity index (χ3v) is 3.40. The monoisotopic (exact) mass is 251 g/mol. The molecule has 1 aromatic heterocycles. The highest BCUT2D eigenvalue weighted by Crippen LogP contribution is 2.20. The van der Waals surface area contributed by atoms with Crippen LogP contribution in [0.1, 0.15) is 44.7 Å². The molecule has 1 aliphatic carbocycles. The van der Waals surface area contributed by atoms with Gasteiger partial charge >= 0.3 is 0 Å². The summed E-state index contributed by atoms with van der Waals surface area (Å²) in [5.41, 5.74) is 1.07. The molecule has 1 aromatic rings. The van der Waals surface area contributed by atoms with Gasteiger partial charge in [-0.15, -0.1) is 0 Å². The molecule has 18 heavy (non-hydrogen) atoms. The fraction of sp³-hybridized carbons (Fsp3) is 0.786. The van der Waals surface area contributed by atoms with Crippen molar-refractivity contribution in [3.8, 4) is 0 Å². The van der Waals surface area contributed by atoms with Gasteiger partial charge in [-0.1, -0.05) is 19.8 Å². The Hall–Kier alpha value is -1.03. The largest absolute Gasteiger partial charge is 0.376 e. The van der Waals surface area contributed by atoms with E-state index in [1.54, 1.807) is 0 Å². The van der Waals surface area contributed by atoms with Crippen molar-refractivity contribution >= 4 is 5.95 Å². The van der Waals surface area contributed by atoms with Gasteiger partial charge in [-0.2, -0.15) is 0 Å². The molecule has 0 radical (unpaired) electrons. The van der Waals surface area contributed by atoms with E-state index in [0.29, 0.717) is 6.10 Å². The van der Waals surface area contributed by atoms with Gasteiger partial charge in [0.2, 0.25) is 5.95 Å². The number of imidazole rings is 1. The van der Waals surface area contributed by atoms with Gasteiger partial charge < -0.3 is 14.6 Å². The molecule has 1 saturated carbocycles. The van der Waals surface area contributed by atoms with Crippen molar-refractivity contribution in [3.63, 3.8) is 0 Å². The second-order valence-corrected chi connectivity index (χ2v) is 5.10. The fourth-order valence-electron chi connectivity index (χ4n) is 2.54. The predicted molar refractivity (Wildman–Crippen MR) is 74.0 cm³/mol. The van der Waals surface area contributed by atoms with Crippen molar-refractivity contribution in [2.45, 2.75) is 58.6 Å². The van der Waals surface area contributed by atoms with Gasteiger partial charge in [0.1, 0.15) is 0 Å². The molecule has 0 saturated heterocycles. The van der Waals surface area contributed by atoms with Gasteiger partial charge in [0.05, 0.1) is 18.4 Å². The molecule has 2 rings (SSSR count). The van der Waals surface area contributed by atoms with Crippen LogP contribution in [-0.2, 0) is 11.3 Å². The maximum atomic E-state index is 5.83. The van der Waals surface area contributed by atoms with Gasteiger partial charge in [-0.3, -0.25) is 0 Å². The lowest BCUT2D eigenvalue weighted by atomic mass is 10.3. The number of rotatable bonds is 7. The minimum Gasteiger partial charge on any atom is -0.376 e. The number of nitrogens with zero attached hydrogens (tertiary/aromatic N) is 2. The van der Waals surface area contributed by atoms with E-state index in [-0.39, 0.29) is 0 Å². The number of anilines is 1. The molecular weight excluding hydrogens is 226 g/mol. The quantitative estimate of drug-likeness (QED) is 0.757. The molecule has 0 unspecified atom stereocenters. The predicted octanol–water partition coefficient (Wildman–Crippen LogP) is 2.97. The molecular formula is C14H25N3O. The van der Waals surface area contributed by atoms with E-state index in [9.17, 15) is 0 Å². The van der Waals surface area contributed by atoms with Crippen LogP contribution >= 0.6 is 0 Å². The van der Waals surface area contributed by atoms with Crippen LogP contribution in [0.25, 0.3) is 0 Å². The zero-order valence-electron chi connectivity index (χ0n) is 11.6. The maximum Gasteiger partial charge on any atom is 0.203 e. The van der Waals surface area contributed by atoms with E-state index in [4.69, 9.17) is 4.74 Å². The first kappa shape index (κ1) is 13.4. The van der Waals surface area contributed by atoms with E-state index < -0.39 is 0 Å². The molecule has 1 fully saturated rings. The maximum absolute atomic E-state index is 5.83. The van der Waals surface area contributed by atoms with Crippen molar-refractivity contribution in [1.82, 2.24) is 9.55 Å². The van der Waals surface area contributed by atoms with E-state index in [1.165, 1.54) is 25.7 Å². The first-order chi connectivity index (χ1) is 8.79. The SMILES string of the molecule is CCCn1cc(C)nc1NCCOC1CCCC1. The Balaban J connectivity index is 1.71. The highest BCUT2D eigenvalue weighted by molar-refractivity contribution is 5.28. The van der Waals surface area contributed by atoms with Crippen LogP contribution in [0.3, 0.4) is 0 Å². The molecule has 4 heteroatoms. The van der Waals surface area contributed by atoms with Gasteiger partial charge in [-0.05, 0) is 26.2 Å². The minimum atomic E-state index is 0.504. The minimum absolute atomic E-state index is 0.504. The second-order valence-electron chi connectivity index (χ2n) is 5.10. The number of ether oxygens (including phenoxy) is 1. The summed E-state index contributed by atoms with van der Waals surface area (Å²) in [4.78, 5) is 4.49. The molecule has 0 atom stereocenters. The number of hydrogen-bond acceptors (Lipinski definition) is 3. The molecule has 0 aliphatic heterocycles. The first-order valence-corrected chi connectivity index (χ1v) is 7.19. The third kappa shape index (κ3) is 3.73. The number of nitrogens with one attached hydrogen (secondary N) is 1. The van der Waals surface area contributed by atoms with Crippen molar-refractivity contribution in [3.05, 3.63) is 11.9 Å². The first-order valence-electron chi connectivity index (χ1n) is 7.19. The fourth-order valence-corrected chi connectivity index (χ4v) is 2.54. The summed E-state index contributed by atoms with van der Waals surface area (Å²) in [6, 6.07) is 0. The van der Waals surface area contributed by atoms with E-state index in [2.05, 4.69) is 28.0 Å². The average molecular weight is 251 g/mol. The van der Waals surface area contributed by atoms with Crippen LogP contribution in [0.5, 0.6) is 0 Å². The van der Waals surface area contributed by atoms with Gasteiger partial charge in [-0.25, -0.2) is 4.98 Å². The standard InChI is InChI=1S/C14H25N3O/c1-3-9-17-11-12(2)16-14(17)15-8-10-18-13-6-4-5-7-13/h11,13H,3-10H2,1-2H3,(H,15,16). The van der Waals surface area contributed by atoms with Crippen molar-refractivity contribution in [1.29, 1.82) is 0 Å². The summed E-state index contributed by atoms with van der Waals surface area (Å²) in [6.07, 6.45) is 8.87. The average Bonchev–Trinajstić information content (AvgIpc) is 2.96. The molecule has 0 amide bonds. The highest BCUT2D eigenvalue weighted by Gasteiger charge is 2.14. The van der Waals surface area contributed by atoms with Crippen LogP contribution in [0.15, 0.2) is 6.20 Å². The summed E-state index contributed by atoms with van der Waals surface area (Å²) < 4.78 is 8.02. The Labute approximate surface area is 110 Å². The summed E-state index contributed by atoms with van der Waals surface area (Å²) in [5.74, 6) is 0.976. The Morgan fingerprint density at radius 1 is 1.44 bits per heavy atom. The lowest BCUT2D eigenvalue weighted by Gasteiger charge is -2.12. The van der Waals surface area contributed by atoms with Crippen LogP contribution in [-0.4, -0.2) is 28.8 Å². The smallest absolute Gasteiger partial charge is 0.203 e. The Morgan fingerprint density at radius 2 is 2.22 bits per heavy atom. The van der Waals surface area contributed by atoms with Crippen molar-refractivity contribution < 1.29 is 4.74 Å². The highest BCUT2D eigenvalue weighted by atomic mass is 16.5. The Bertz CT molecular complexity index is 356. The third-order valence-electron chi connectivity index (χ3n) is 3.40. The molecule has 1 N–H and O–H groups in total.